The van der Waals surface area contributed by atoms with E-state index >= 15 is 0 Å². The Balaban J connectivity index is 2.77. The predicted molar refractivity (Wildman–Crippen MR) is 59.1 cm³/mol. The predicted octanol–water partition coefficient (Wildman–Crippen LogP) is 3.59. The quantitative estimate of drug-likeness (QED) is 0.777. The second-order valence-corrected chi connectivity index (χ2v) is 4.14. The first-order valence-electron chi connectivity index (χ1n) is 5.03. The Labute approximate surface area is 85.3 Å². The number of halogens is 1. The third-order valence-electron chi connectivity index (χ3n) is 2.57. The molecule has 1 rings (SSSR count). The van der Waals surface area contributed by atoms with Gasteiger partial charge in [0.15, 0.2) is 0 Å². The maximum Gasteiger partial charge on any atom is 0.123 e. The number of benzene rings is 1. The molecule has 1 aromatic rings. The maximum absolute atomic E-state index is 12.8. The summed E-state index contributed by atoms with van der Waals surface area (Å²) in [5.41, 5.74) is 1.98. The molecule has 0 fully saturated rings. The van der Waals surface area contributed by atoms with Crippen LogP contribution in [-0.4, -0.2) is 6.04 Å². The molecule has 14 heavy (non-hydrogen) atoms. The summed E-state index contributed by atoms with van der Waals surface area (Å²) < 4.78 is 12.8. The number of hydrogen-bond acceptors (Lipinski definition) is 1. The summed E-state index contributed by atoms with van der Waals surface area (Å²) in [6, 6.07) is 5.24. The van der Waals surface area contributed by atoms with Crippen LogP contribution in [0.15, 0.2) is 18.2 Å². The average Bonchev–Trinajstić information content (AvgIpc) is 2.09. The molecular weight excluding hydrogens is 177 g/mol. The van der Waals surface area contributed by atoms with E-state index in [1.54, 1.807) is 12.1 Å². The summed E-state index contributed by atoms with van der Waals surface area (Å²) >= 11 is 0. The van der Waals surface area contributed by atoms with Gasteiger partial charge in [-0.2, -0.15) is 0 Å². The summed E-state index contributed by atoms with van der Waals surface area (Å²) in [5, 5.41) is 3.37. The van der Waals surface area contributed by atoms with Gasteiger partial charge < -0.3 is 5.32 Å². The fraction of sp³-hybridized carbons (Fsp3) is 0.500. The average molecular weight is 195 g/mol. The number of aryl methyl sites for hydroxylation is 1. The number of nitrogens with one attached hydrogen (secondary N) is 1. The summed E-state index contributed by atoms with van der Waals surface area (Å²) in [5.74, 6) is 0.393. The first-order valence-corrected chi connectivity index (χ1v) is 5.03. The molecule has 1 atom stereocenters. The molecule has 0 aromatic heterocycles. The zero-order valence-electron chi connectivity index (χ0n) is 9.26. The molecule has 0 bridgehead atoms. The monoisotopic (exact) mass is 195 g/mol. The summed E-state index contributed by atoms with van der Waals surface area (Å²) in [4.78, 5) is 0. The van der Waals surface area contributed by atoms with Crippen LogP contribution >= 0.6 is 0 Å². The Morgan fingerprint density at radius 3 is 2.36 bits per heavy atom. The van der Waals surface area contributed by atoms with Crippen LogP contribution in [0.5, 0.6) is 0 Å². The van der Waals surface area contributed by atoms with Crippen molar-refractivity contribution in [1.82, 2.24) is 0 Å². The van der Waals surface area contributed by atoms with Crippen LogP contribution in [0.1, 0.15) is 26.3 Å². The fourth-order valence-corrected chi connectivity index (χ4v) is 1.20. The molecule has 0 heterocycles. The molecule has 1 N–H and O–H groups in total. The third-order valence-corrected chi connectivity index (χ3v) is 2.57. The van der Waals surface area contributed by atoms with Gasteiger partial charge in [-0.1, -0.05) is 13.8 Å². The highest BCUT2D eigenvalue weighted by Crippen LogP contribution is 2.18. The molecule has 0 saturated heterocycles. The Morgan fingerprint density at radius 1 is 1.21 bits per heavy atom. The smallest absolute Gasteiger partial charge is 0.123 e. The van der Waals surface area contributed by atoms with E-state index in [-0.39, 0.29) is 5.82 Å². The lowest BCUT2D eigenvalue weighted by molar-refractivity contribution is 0.559. The maximum atomic E-state index is 12.8. The van der Waals surface area contributed by atoms with Crippen molar-refractivity contribution in [3.63, 3.8) is 0 Å². The molecule has 0 radical (unpaired) electrons. The Kier molecular flexibility index (Phi) is 3.50. The van der Waals surface area contributed by atoms with Crippen LogP contribution in [0.2, 0.25) is 0 Å². The van der Waals surface area contributed by atoms with E-state index in [4.69, 9.17) is 0 Å². The Bertz CT molecular complexity index is 307. The van der Waals surface area contributed by atoms with Gasteiger partial charge in [-0.3, -0.25) is 0 Å². The van der Waals surface area contributed by atoms with Gasteiger partial charge in [0.2, 0.25) is 0 Å². The minimum absolute atomic E-state index is 0.176. The van der Waals surface area contributed by atoms with E-state index in [9.17, 15) is 4.39 Å². The van der Waals surface area contributed by atoms with Gasteiger partial charge in [0.1, 0.15) is 5.82 Å². The van der Waals surface area contributed by atoms with Gasteiger partial charge in [0, 0.05) is 11.7 Å². The molecular formula is C12H18FN. The number of rotatable bonds is 3. The summed E-state index contributed by atoms with van der Waals surface area (Å²) in [7, 11) is 0. The van der Waals surface area contributed by atoms with Gasteiger partial charge in [0.05, 0.1) is 0 Å². The minimum atomic E-state index is -0.176. The van der Waals surface area contributed by atoms with Crippen molar-refractivity contribution in [2.75, 3.05) is 5.32 Å². The SMILES string of the molecule is Cc1cc(F)ccc1N[C@H](C)C(C)C. The minimum Gasteiger partial charge on any atom is -0.382 e. The van der Waals surface area contributed by atoms with Crippen LogP contribution < -0.4 is 5.32 Å². The number of hydrogen-bond donors (Lipinski definition) is 1. The molecule has 78 valence electrons. The van der Waals surface area contributed by atoms with Crippen LogP contribution in [-0.2, 0) is 0 Å². The topological polar surface area (TPSA) is 12.0 Å². The largest absolute Gasteiger partial charge is 0.382 e. The van der Waals surface area contributed by atoms with Crippen molar-refractivity contribution in [2.24, 2.45) is 5.92 Å². The fourth-order valence-electron chi connectivity index (χ4n) is 1.20. The Hall–Kier alpha value is -1.05. The third kappa shape index (κ3) is 2.72. The van der Waals surface area contributed by atoms with Crippen molar-refractivity contribution >= 4 is 5.69 Å². The lowest BCUT2D eigenvalue weighted by Gasteiger charge is -2.20. The van der Waals surface area contributed by atoms with Crippen molar-refractivity contribution in [3.05, 3.63) is 29.6 Å². The molecule has 0 aliphatic heterocycles. The first kappa shape index (κ1) is 11.0. The number of anilines is 1. The van der Waals surface area contributed by atoms with Gasteiger partial charge in [-0.15, -0.1) is 0 Å². The lowest BCUT2D eigenvalue weighted by Crippen LogP contribution is -2.21. The molecule has 0 aliphatic rings. The highest BCUT2D eigenvalue weighted by Gasteiger charge is 2.08. The molecule has 0 spiro atoms. The van der Waals surface area contributed by atoms with Crippen LogP contribution in [0.4, 0.5) is 10.1 Å². The first-order chi connectivity index (χ1) is 6.50. The van der Waals surface area contributed by atoms with Crippen LogP contribution in [0.3, 0.4) is 0 Å². The van der Waals surface area contributed by atoms with Crippen LogP contribution in [0, 0.1) is 18.7 Å². The van der Waals surface area contributed by atoms with Crippen LogP contribution in [0.25, 0.3) is 0 Å². The highest BCUT2D eigenvalue weighted by atomic mass is 19.1. The second kappa shape index (κ2) is 4.45. The molecule has 0 unspecified atom stereocenters. The van der Waals surface area contributed by atoms with Gasteiger partial charge in [-0.25, -0.2) is 4.39 Å². The highest BCUT2D eigenvalue weighted by molar-refractivity contribution is 5.51. The zero-order chi connectivity index (χ0) is 10.7. The summed E-state index contributed by atoms with van der Waals surface area (Å²) in [6.45, 7) is 8.37. The van der Waals surface area contributed by atoms with E-state index in [2.05, 4.69) is 26.1 Å². The van der Waals surface area contributed by atoms with Crippen molar-refractivity contribution in [3.8, 4) is 0 Å². The van der Waals surface area contributed by atoms with Gasteiger partial charge in [0.25, 0.3) is 0 Å². The standard InChI is InChI=1S/C12H18FN/c1-8(2)10(4)14-12-6-5-11(13)7-9(12)3/h5-8,10,14H,1-4H3/t10-/m1/s1. The van der Waals surface area contributed by atoms with E-state index in [0.717, 1.165) is 11.3 Å². The van der Waals surface area contributed by atoms with Crippen molar-refractivity contribution in [1.29, 1.82) is 0 Å². The molecule has 0 saturated carbocycles. The molecule has 1 nitrogen and oxygen atoms in total. The molecule has 2 heteroatoms. The lowest BCUT2D eigenvalue weighted by atomic mass is 10.1. The molecule has 0 amide bonds. The summed E-state index contributed by atoms with van der Waals surface area (Å²) in [6.07, 6.45) is 0. The van der Waals surface area contributed by atoms with Crippen molar-refractivity contribution < 1.29 is 4.39 Å². The zero-order valence-corrected chi connectivity index (χ0v) is 9.26. The second-order valence-electron chi connectivity index (χ2n) is 4.14. The normalized spacial score (nSPS) is 13.0. The van der Waals surface area contributed by atoms with Gasteiger partial charge in [-0.05, 0) is 43.5 Å². The van der Waals surface area contributed by atoms with E-state index < -0.39 is 0 Å². The van der Waals surface area contributed by atoms with Crippen molar-refractivity contribution in [2.45, 2.75) is 33.7 Å². The van der Waals surface area contributed by atoms with E-state index in [1.165, 1.54) is 6.07 Å². The van der Waals surface area contributed by atoms with E-state index in [1.807, 2.05) is 6.92 Å². The van der Waals surface area contributed by atoms with E-state index in [0.29, 0.717) is 12.0 Å². The molecule has 0 aliphatic carbocycles. The Morgan fingerprint density at radius 2 is 1.86 bits per heavy atom. The molecule has 1 aromatic carbocycles. The van der Waals surface area contributed by atoms with Gasteiger partial charge >= 0.3 is 0 Å².